The molecule has 2 N–H and O–H groups in total. The summed E-state index contributed by atoms with van der Waals surface area (Å²) in [5.74, 6) is 0. The number of nitrogens with one attached hydrogen (secondary N) is 1. The van der Waals surface area contributed by atoms with Gasteiger partial charge in [0.15, 0.2) is 0 Å². The fourth-order valence-electron chi connectivity index (χ4n) is 2.49. The van der Waals surface area contributed by atoms with Gasteiger partial charge in [0.05, 0.1) is 18.6 Å². The number of fused-ring (bicyclic) bond motifs is 1. The smallest absolute Gasteiger partial charge is 0.390 e. The van der Waals surface area contributed by atoms with E-state index in [0.717, 1.165) is 11.1 Å². The van der Waals surface area contributed by atoms with Crippen molar-refractivity contribution in [3.63, 3.8) is 0 Å². The summed E-state index contributed by atoms with van der Waals surface area (Å²) in [6.07, 6.45) is -5.24. The van der Waals surface area contributed by atoms with E-state index in [2.05, 4.69) is 5.32 Å². The van der Waals surface area contributed by atoms with Crippen LogP contribution in [0.5, 0.6) is 0 Å². The highest BCUT2D eigenvalue weighted by molar-refractivity contribution is 5.36. The number of alkyl halides is 3. The molecule has 0 aliphatic heterocycles. The second-order valence-corrected chi connectivity index (χ2v) is 4.83. The van der Waals surface area contributed by atoms with Gasteiger partial charge >= 0.3 is 6.18 Å². The van der Waals surface area contributed by atoms with E-state index in [-0.39, 0.29) is 0 Å². The van der Waals surface area contributed by atoms with Crippen molar-refractivity contribution in [2.45, 2.75) is 44.1 Å². The van der Waals surface area contributed by atoms with Crippen LogP contribution in [0.4, 0.5) is 13.2 Å². The number of aliphatic hydroxyl groups is 1. The van der Waals surface area contributed by atoms with E-state index in [9.17, 15) is 18.3 Å². The maximum atomic E-state index is 12.3. The minimum Gasteiger partial charge on any atom is -0.391 e. The fraction of sp³-hybridized carbons (Fsp3) is 0.538. The molecule has 0 fully saturated rings. The lowest BCUT2D eigenvalue weighted by atomic mass is 10.1. The Balaban J connectivity index is 2.06. The van der Waals surface area contributed by atoms with Gasteiger partial charge in [-0.15, -0.1) is 0 Å². The number of rotatable bonds is 3. The monoisotopic (exact) mass is 259 g/mol. The Kier molecular flexibility index (Phi) is 3.64. The standard InChI is InChI=1S/C13H16F3NO/c1-8(7-13(14,15)16)17-12-10-5-3-2-4-9(10)6-11(12)18/h2-5,8,11-12,17-18H,6-7H2,1H3/t8?,11-,12+/m1/s1. The van der Waals surface area contributed by atoms with Gasteiger partial charge in [0.1, 0.15) is 0 Å². The molecule has 3 atom stereocenters. The van der Waals surface area contributed by atoms with Gasteiger partial charge in [-0.1, -0.05) is 24.3 Å². The number of hydrogen-bond donors (Lipinski definition) is 2. The Morgan fingerprint density at radius 1 is 1.39 bits per heavy atom. The number of halogens is 3. The third-order valence-electron chi connectivity index (χ3n) is 3.21. The Morgan fingerprint density at radius 3 is 2.72 bits per heavy atom. The van der Waals surface area contributed by atoms with Gasteiger partial charge in [0, 0.05) is 12.5 Å². The van der Waals surface area contributed by atoms with Gasteiger partial charge in [-0.25, -0.2) is 0 Å². The van der Waals surface area contributed by atoms with Crippen LogP contribution in [0.3, 0.4) is 0 Å². The molecule has 0 bridgehead atoms. The predicted octanol–water partition coefficient (Wildman–Crippen LogP) is 2.58. The first-order valence-corrected chi connectivity index (χ1v) is 5.95. The molecule has 0 amide bonds. The molecule has 2 nitrogen and oxygen atoms in total. The van der Waals surface area contributed by atoms with Crippen molar-refractivity contribution in [2.75, 3.05) is 0 Å². The third kappa shape index (κ3) is 3.03. The third-order valence-corrected chi connectivity index (χ3v) is 3.21. The zero-order chi connectivity index (χ0) is 13.3. The topological polar surface area (TPSA) is 32.3 Å². The van der Waals surface area contributed by atoms with Crippen molar-refractivity contribution in [3.05, 3.63) is 35.4 Å². The van der Waals surface area contributed by atoms with Gasteiger partial charge in [-0.05, 0) is 18.1 Å². The summed E-state index contributed by atoms with van der Waals surface area (Å²) in [6.45, 7) is 1.49. The van der Waals surface area contributed by atoms with E-state index < -0.39 is 30.8 Å². The van der Waals surface area contributed by atoms with Crippen LogP contribution < -0.4 is 5.32 Å². The second-order valence-electron chi connectivity index (χ2n) is 4.83. The molecule has 0 spiro atoms. The molecular formula is C13H16F3NO. The Morgan fingerprint density at radius 2 is 2.06 bits per heavy atom. The number of benzene rings is 1. The fourth-order valence-corrected chi connectivity index (χ4v) is 2.49. The van der Waals surface area contributed by atoms with E-state index in [1.807, 2.05) is 24.3 Å². The molecule has 1 aromatic rings. The van der Waals surface area contributed by atoms with Crippen LogP contribution in [0, 0.1) is 0 Å². The van der Waals surface area contributed by atoms with Crippen molar-refractivity contribution in [3.8, 4) is 0 Å². The lowest BCUT2D eigenvalue weighted by Gasteiger charge is -2.23. The van der Waals surface area contributed by atoms with Crippen LogP contribution in [-0.2, 0) is 6.42 Å². The van der Waals surface area contributed by atoms with Crippen molar-refractivity contribution in [1.82, 2.24) is 5.32 Å². The number of hydrogen-bond acceptors (Lipinski definition) is 2. The summed E-state index contributed by atoms with van der Waals surface area (Å²) >= 11 is 0. The molecule has 0 saturated carbocycles. The predicted molar refractivity (Wildman–Crippen MR) is 62.2 cm³/mol. The van der Waals surface area contributed by atoms with Crippen LogP contribution in [0.2, 0.25) is 0 Å². The van der Waals surface area contributed by atoms with Crippen molar-refractivity contribution in [1.29, 1.82) is 0 Å². The van der Waals surface area contributed by atoms with Crippen molar-refractivity contribution < 1.29 is 18.3 Å². The molecule has 1 unspecified atom stereocenters. The lowest BCUT2D eigenvalue weighted by Crippen LogP contribution is -2.38. The molecule has 1 aromatic carbocycles. The minimum atomic E-state index is -4.19. The minimum absolute atomic E-state index is 0.404. The van der Waals surface area contributed by atoms with Crippen molar-refractivity contribution in [2.24, 2.45) is 0 Å². The highest BCUT2D eigenvalue weighted by Gasteiger charge is 2.35. The van der Waals surface area contributed by atoms with Crippen LogP contribution in [0.1, 0.15) is 30.5 Å². The molecule has 0 aromatic heterocycles. The molecule has 0 radical (unpaired) electrons. The second kappa shape index (κ2) is 4.90. The maximum Gasteiger partial charge on any atom is 0.390 e. The molecule has 1 aliphatic carbocycles. The summed E-state index contributed by atoms with van der Waals surface area (Å²) in [7, 11) is 0. The zero-order valence-corrected chi connectivity index (χ0v) is 10.0. The summed E-state index contributed by atoms with van der Waals surface area (Å²) < 4.78 is 36.8. The molecule has 18 heavy (non-hydrogen) atoms. The Hall–Kier alpha value is -1.07. The average Bonchev–Trinajstić information content (AvgIpc) is 2.53. The van der Waals surface area contributed by atoms with Crippen LogP contribution >= 0.6 is 0 Å². The molecule has 0 heterocycles. The summed E-state index contributed by atoms with van der Waals surface area (Å²) in [4.78, 5) is 0. The Bertz CT molecular complexity index is 419. The molecule has 100 valence electrons. The highest BCUT2D eigenvalue weighted by Crippen LogP contribution is 2.32. The molecule has 0 saturated heterocycles. The maximum absolute atomic E-state index is 12.3. The summed E-state index contributed by atoms with van der Waals surface area (Å²) in [5, 5.41) is 12.8. The molecule has 2 rings (SSSR count). The van der Waals surface area contributed by atoms with E-state index in [0.29, 0.717) is 6.42 Å². The molecule has 5 heteroatoms. The largest absolute Gasteiger partial charge is 0.391 e. The molecule has 1 aliphatic rings. The number of aliphatic hydroxyl groups excluding tert-OH is 1. The van der Waals surface area contributed by atoms with Gasteiger partial charge in [0.2, 0.25) is 0 Å². The first kappa shape index (κ1) is 13.4. The average molecular weight is 259 g/mol. The first-order chi connectivity index (χ1) is 8.37. The highest BCUT2D eigenvalue weighted by atomic mass is 19.4. The Labute approximate surface area is 104 Å². The van der Waals surface area contributed by atoms with Crippen LogP contribution in [-0.4, -0.2) is 23.4 Å². The summed E-state index contributed by atoms with van der Waals surface area (Å²) in [5.41, 5.74) is 1.90. The van der Waals surface area contributed by atoms with Crippen LogP contribution in [0.25, 0.3) is 0 Å². The van der Waals surface area contributed by atoms with Crippen LogP contribution in [0.15, 0.2) is 24.3 Å². The first-order valence-electron chi connectivity index (χ1n) is 5.95. The van der Waals surface area contributed by atoms with E-state index in [1.165, 1.54) is 6.92 Å². The van der Waals surface area contributed by atoms with E-state index in [4.69, 9.17) is 0 Å². The summed E-state index contributed by atoms with van der Waals surface area (Å²) in [6, 6.07) is 6.33. The van der Waals surface area contributed by atoms with Gasteiger partial charge in [0.25, 0.3) is 0 Å². The van der Waals surface area contributed by atoms with E-state index >= 15 is 0 Å². The lowest BCUT2D eigenvalue weighted by molar-refractivity contribution is -0.139. The van der Waals surface area contributed by atoms with Gasteiger partial charge in [-0.2, -0.15) is 13.2 Å². The van der Waals surface area contributed by atoms with E-state index in [1.54, 1.807) is 0 Å². The van der Waals surface area contributed by atoms with Gasteiger partial charge in [-0.3, -0.25) is 0 Å². The molecular weight excluding hydrogens is 243 g/mol. The van der Waals surface area contributed by atoms with Crippen molar-refractivity contribution >= 4 is 0 Å². The normalized spacial score (nSPS) is 24.9. The zero-order valence-electron chi connectivity index (χ0n) is 10.0. The SMILES string of the molecule is CC(CC(F)(F)F)N[C@H]1c2ccccc2C[C@H]1O. The van der Waals surface area contributed by atoms with Gasteiger partial charge < -0.3 is 10.4 Å². The quantitative estimate of drug-likeness (QED) is 0.874.